The highest BCUT2D eigenvalue weighted by atomic mass is 35.5. The van der Waals surface area contributed by atoms with E-state index in [1.54, 1.807) is 31.2 Å². The number of benzene rings is 1. The van der Waals surface area contributed by atoms with Gasteiger partial charge in [-0.3, -0.25) is 10.1 Å². The van der Waals surface area contributed by atoms with Gasteiger partial charge in [-0.05, 0) is 31.2 Å². The average Bonchev–Trinajstić information content (AvgIpc) is 2.40. The van der Waals surface area contributed by atoms with Gasteiger partial charge in [-0.25, -0.2) is 9.97 Å². The van der Waals surface area contributed by atoms with Crippen LogP contribution in [0, 0.1) is 17.0 Å². The van der Waals surface area contributed by atoms with Gasteiger partial charge in [0.25, 0.3) is 0 Å². The van der Waals surface area contributed by atoms with Crippen LogP contribution in [-0.4, -0.2) is 14.9 Å². The molecule has 110 valence electrons. The molecule has 1 aromatic heterocycles. The highest BCUT2D eigenvalue weighted by molar-refractivity contribution is 6.44. The normalized spacial score (nSPS) is 10.7. The van der Waals surface area contributed by atoms with Gasteiger partial charge in [0.1, 0.15) is 5.82 Å². The lowest BCUT2D eigenvalue weighted by atomic mass is 10.3. The number of hydrogen-bond donors (Lipinski definition) is 1. The largest absolute Gasteiger partial charge is 0.335 e. The maximum atomic E-state index is 11.2. The fourth-order valence-corrected chi connectivity index (χ4v) is 2.11. The van der Waals surface area contributed by atoms with Gasteiger partial charge in [0.2, 0.25) is 5.82 Å². The molecule has 0 amide bonds. The second-order valence-electron chi connectivity index (χ2n) is 4.04. The molecule has 0 atom stereocenters. The second-order valence-corrected chi connectivity index (χ2v) is 5.58. The van der Waals surface area contributed by atoms with Crippen molar-refractivity contribution in [2.24, 2.45) is 0 Å². The highest BCUT2D eigenvalue weighted by Crippen LogP contribution is 2.36. The highest BCUT2D eigenvalue weighted by Gasteiger charge is 2.27. The Labute approximate surface area is 135 Å². The molecule has 0 saturated carbocycles. The third-order valence-corrected chi connectivity index (χ3v) is 3.18. The molecule has 0 aliphatic rings. The fourth-order valence-electron chi connectivity index (χ4n) is 1.68. The quantitative estimate of drug-likeness (QED) is 0.498. The van der Waals surface area contributed by atoms with Crippen LogP contribution in [-0.2, 0) is 0 Å². The molecule has 0 unspecified atom stereocenters. The van der Waals surface area contributed by atoms with Gasteiger partial charge in [-0.1, -0.05) is 34.8 Å². The van der Waals surface area contributed by atoms with E-state index in [-0.39, 0.29) is 17.2 Å². The number of anilines is 2. The number of nitrogens with zero attached hydrogens (tertiary/aromatic N) is 3. The van der Waals surface area contributed by atoms with Gasteiger partial charge < -0.3 is 5.32 Å². The van der Waals surface area contributed by atoms with E-state index in [4.69, 9.17) is 34.8 Å². The molecule has 0 aliphatic carbocycles. The van der Waals surface area contributed by atoms with Crippen LogP contribution in [0.25, 0.3) is 0 Å². The molecule has 1 aromatic carbocycles. The van der Waals surface area contributed by atoms with E-state index < -0.39 is 9.76 Å². The van der Waals surface area contributed by atoms with Crippen molar-refractivity contribution in [3.63, 3.8) is 0 Å². The van der Waals surface area contributed by atoms with E-state index in [0.717, 1.165) is 0 Å². The first-order valence-corrected chi connectivity index (χ1v) is 6.97. The fraction of sp³-hybridized carbons (Fsp3) is 0.167. The molecule has 0 saturated heterocycles. The Morgan fingerprint density at radius 2 is 1.86 bits per heavy atom. The van der Waals surface area contributed by atoms with Crippen molar-refractivity contribution in [3.8, 4) is 0 Å². The molecule has 2 rings (SSSR count). The smallest absolute Gasteiger partial charge is 0.334 e. The third-order valence-electron chi connectivity index (χ3n) is 2.52. The number of nitrogens with one attached hydrogen (secondary N) is 1. The molecule has 0 radical (unpaired) electrons. The second kappa shape index (κ2) is 6.43. The molecular weight excluding hydrogens is 339 g/mol. The van der Waals surface area contributed by atoms with E-state index in [1.807, 2.05) is 0 Å². The molecule has 2 aromatic rings. The Kier molecular flexibility index (Phi) is 4.82. The molecule has 6 nitrogen and oxygen atoms in total. The average molecular weight is 348 g/mol. The van der Waals surface area contributed by atoms with Crippen molar-refractivity contribution in [2.45, 2.75) is 11.8 Å². The standard InChI is InChI=1S/C12H9Cl3N4O2/c1-6-16-9(11(14)15)10(19(20)21)12(17-6)18-8-4-2-7(13)3-5-8/h2-5,11H,1H3,(H,16,17,18). The van der Waals surface area contributed by atoms with Crippen molar-refractivity contribution < 1.29 is 4.92 Å². The molecule has 9 heteroatoms. The minimum Gasteiger partial charge on any atom is -0.334 e. The summed E-state index contributed by atoms with van der Waals surface area (Å²) in [4.78, 5) is 17.5. The van der Waals surface area contributed by atoms with Crippen molar-refractivity contribution in [2.75, 3.05) is 5.32 Å². The Hall–Kier alpha value is -1.63. The predicted octanol–water partition coefficient (Wildman–Crippen LogP) is 4.57. The summed E-state index contributed by atoms with van der Waals surface area (Å²) in [5.41, 5.74) is 0.185. The summed E-state index contributed by atoms with van der Waals surface area (Å²) >= 11 is 17.3. The SMILES string of the molecule is Cc1nc(Nc2ccc(Cl)cc2)c([N+](=O)[O-])c(C(Cl)Cl)n1. The van der Waals surface area contributed by atoms with Crippen LogP contribution in [0.4, 0.5) is 17.2 Å². The first-order chi connectivity index (χ1) is 9.88. The molecule has 0 bridgehead atoms. The predicted molar refractivity (Wildman–Crippen MR) is 82.6 cm³/mol. The molecule has 0 spiro atoms. The van der Waals surface area contributed by atoms with Gasteiger partial charge >= 0.3 is 5.69 Å². The van der Waals surface area contributed by atoms with Crippen LogP contribution in [0.5, 0.6) is 0 Å². The number of nitro groups is 1. The van der Waals surface area contributed by atoms with Crippen molar-refractivity contribution >= 4 is 52.0 Å². The van der Waals surface area contributed by atoms with E-state index in [2.05, 4.69) is 15.3 Å². The maximum absolute atomic E-state index is 11.2. The van der Waals surface area contributed by atoms with E-state index in [1.165, 1.54) is 0 Å². The molecule has 1 N–H and O–H groups in total. The van der Waals surface area contributed by atoms with Crippen LogP contribution < -0.4 is 5.32 Å². The third kappa shape index (κ3) is 3.72. The van der Waals surface area contributed by atoms with Gasteiger partial charge in [0.15, 0.2) is 10.5 Å². The van der Waals surface area contributed by atoms with E-state index in [9.17, 15) is 10.1 Å². The summed E-state index contributed by atoms with van der Waals surface area (Å²) in [5, 5.41) is 14.7. The lowest BCUT2D eigenvalue weighted by molar-refractivity contribution is -0.385. The van der Waals surface area contributed by atoms with Gasteiger partial charge in [0.05, 0.1) is 4.92 Å². The van der Waals surface area contributed by atoms with E-state index in [0.29, 0.717) is 16.5 Å². The van der Waals surface area contributed by atoms with Gasteiger partial charge in [-0.2, -0.15) is 0 Å². The summed E-state index contributed by atoms with van der Waals surface area (Å²) in [6, 6.07) is 6.64. The van der Waals surface area contributed by atoms with Crippen molar-refractivity contribution in [1.29, 1.82) is 0 Å². The Morgan fingerprint density at radius 1 is 1.24 bits per heavy atom. The molecule has 1 heterocycles. The molecule has 0 aliphatic heterocycles. The molecular formula is C12H9Cl3N4O2. The number of rotatable bonds is 4. The van der Waals surface area contributed by atoms with Crippen LogP contribution in [0.15, 0.2) is 24.3 Å². The van der Waals surface area contributed by atoms with Gasteiger partial charge in [0, 0.05) is 10.7 Å². The van der Waals surface area contributed by atoms with Crippen LogP contribution in [0.1, 0.15) is 16.4 Å². The van der Waals surface area contributed by atoms with Crippen molar-refractivity contribution in [3.05, 3.63) is 50.9 Å². The minimum absolute atomic E-state index is 0.0242. The number of halogens is 3. The van der Waals surface area contributed by atoms with Crippen LogP contribution >= 0.6 is 34.8 Å². The summed E-state index contributed by atoms with van der Waals surface area (Å²) in [6.07, 6.45) is 0. The lowest BCUT2D eigenvalue weighted by Gasteiger charge is -2.10. The topological polar surface area (TPSA) is 81.0 Å². The zero-order chi connectivity index (χ0) is 15.6. The zero-order valence-electron chi connectivity index (χ0n) is 10.7. The minimum atomic E-state index is -1.13. The van der Waals surface area contributed by atoms with E-state index >= 15 is 0 Å². The number of hydrogen-bond acceptors (Lipinski definition) is 5. The first-order valence-electron chi connectivity index (χ1n) is 5.72. The Morgan fingerprint density at radius 3 is 2.38 bits per heavy atom. The van der Waals surface area contributed by atoms with Crippen LogP contribution in [0.2, 0.25) is 5.02 Å². The van der Waals surface area contributed by atoms with Crippen molar-refractivity contribution in [1.82, 2.24) is 9.97 Å². The Balaban J connectivity index is 2.51. The maximum Gasteiger partial charge on any atom is 0.335 e. The molecule has 21 heavy (non-hydrogen) atoms. The van der Waals surface area contributed by atoms with Gasteiger partial charge in [-0.15, -0.1) is 0 Å². The monoisotopic (exact) mass is 346 g/mol. The summed E-state index contributed by atoms with van der Waals surface area (Å²) < 4.78 is 0. The first kappa shape index (κ1) is 15.8. The zero-order valence-corrected chi connectivity index (χ0v) is 12.9. The summed E-state index contributed by atoms with van der Waals surface area (Å²) in [5.74, 6) is 0.342. The van der Waals surface area contributed by atoms with Crippen LogP contribution in [0.3, 0.4) is 0 Å². The number of alkyl halides is 2. The molecule has 0 fully saturated rings. The number of aryl methyl sites for hydroxylation is 1. The summed E-state index contributed by atoms with van der Waals surface area (Å²) in [7, 11) is 0. The lowest BCUT2D eigenvalue weighted by Crippen LogP contribution is -2.07. The summed E-state index contributed by atoms with van der Waals surface area (Å²) in [6.45, 7) is 1.59. The number of aromatic nitrogens is 2. The Bertz CT molecular complexity index is 677.